The molecule has 150 valence electrons. The van der Waals surface area contributed by atoms with E-state index in [9.17, 15) is 9.59 Å². The summed E-state index contributed by atoms with van der Waals surface area (Å²) >= 11 is 0. The molecule has 2 amide bonds. The molecule has 6 heteroatoms. The molecular formula is C23H24N2O4. The Morgan fingerprint density at radius 3 is 2.34 bits per heavy atom. The van der Waals surface area contributed by atoms with Gasteiger partial charge in [-0.05, 0) is 60.9 Å². The van der Waals surface area contributed by atoms with Gasteiger partial charge in [-0.1, -0.05) is 26.0 Å². The van der Waals surface area contributed by atoms with Crippen molar-refractivity contribution in [3.05, 3.63) is 78.3 Å². The average Bonchev–Trinajstić information content (AvgIpc) is 3.23. The number of amides is 2. The third-order valence-corrected chi connectivity index (χ3v) is 4.18. The second-order valence-corrected chi connectivity index (χ2v) is 7.03. The Balaban J connectivity index is 1.62. The lowest BCUT2D eigenvalue weighted by molar-refractivity contribution is 0.0995. The topological polar surface area (TPSA) is 80.6 Å². The van der Waals surface area contributed by atoms with E-state index in [4.69, 9.17) is 9.15 Å². The maximum absolute atomic E-state index is 12.6. The van der Waals surface area contributed by atoms with Gasteiger partial charge >= 0.3 is 0 Å². The van der Waals surface area contributed by atoms with Gasteiger partial charge in [0.2, 0.25) is 0 Å². The quantitative estimate of drug-likeness (QED) is 0.551. The average molecular weight is 392 g/mol. The molecule has 1 heterocycles. The summed E-state index contributed by atoms with van der Waals surface area (Å²) in [6.07, 6.45) is 2.39. The monoisotopic (exact) mass is 392 g/mol. The number of furan rings is 1. The molecule has 6 nitrogen and oxygen atoms in total. The molecule has 0 atom stereocenters. The van der Waals surface area contributed by atoms with E-state index >= 15 is 0 Å². The highest BCUT2D eigenvalue weighted by atomic mass is 16.5. The van der Waals surface area contributed by atoms with Crippen LogP contribution in [0.2, 0.25) is 0 Å². The summed E-state index contributed by atoms with van der Waals surface area (Å²) in [4.78, 5) is 24.7. The number of hydrogen-bond donors (Lipinski definition) is 2. The van der Waals surface area contributed by atoms with E-state index in [2.05, 4.69) is 24.5 Å². The van der Waals surface area contributed by atoms with Gasteiger partial charge in [-0.25, -0.2) is 0 Å². The summed E-state index contributed by atoms with van der Waals surface area (Å²) in [5.41, 5.74) is 1.62. The number of ether oxygens (including phenoxy) is 1. The predicted molar refractivity (Wildman–Crippen MR) is 112 cm³/mol. The molecule has 0 unspecified atom stereocenters. The van der Waals surface area contributed by atoms with Gasteiger partial charge in [-0.2, -0.15) is 0 Å². The summed E-state index contributed by atoms with van der Waals surface area (Å²) in [6.45, 7) is 4.89. The summed E-state index contributed by atoms with van der Waals surface area (Å²) in [6, 6.07) is 17.2. The lowest BCUT2D eigenvalue weighted by atomic mass is 10.1. The Hall–Kier alpha value is -3.54. The van der Waals surface area contributed by atoms with Gasteiger partial charge in [0.1, 0.15) is 5.75 Å². The molecule has 0 spiro atoms. The lowest BCUT2D eigenvalue weighted by Gasteiger charge is -2.11. The summed E-state index contributed by atoms with van der Waals surface area (Å²) in [5.74, 6) is 0.826. The summed E-state index contributed by atoms with van der Waals surface area (Å²) in [7, 11) is 0. The van der Waals surface area contributed by atoms with Crippen LogP contribution in [0.15, 0.2) is 71.3 Å². The van der Waals surface area contributed by atoms with Gasteiger partial charge in [-0.15, -0.1) is 0 Å². The maximum atomic E-state index is 12.6. The van der Waals surface area contributed by atoms with Crippen LogP contribution < -0.4 is 15.4 Å². The van der Waals surface area contributed by atoms with Crippen LogP contribution in [-0.4, -0.2) is 18.4 Å². The van der Waals surface area contributed by atoms with Crippen molar-refractivity contribution in [3.63, 3.8) is 0 Å². The third kappa shape index (κ3) is 5.97. The van der Waals surface area contributed by atoms with E-state index in [0.29, 0.717) is 35.2 Å². The second kappa shape index (κ2) is 9.59. The Bertz CT molecular complexity index is 965. The van der Waals surface area contributed by atoms with Crippen LogP contribution in [0.5, 0.6) is 5.75 Å². The molecule has 29 heavy (non-hydrogen) atoms. The zero-order valence-corrected chi connectivity index (χ0v) is 16.5. The first kappa shape index (κ1) is 20.2. The van der Waals surface area contributed by atoms with Gasteiger partial charge in [0.05, 0.1) is 12.9 Å². The molecule has 3 rings (SSSR count). The van der Waals surface area contributed by atoms with Crippen molar-refractivity contribution in [1.82, 2.24) is 0 Å². The van der Waals surface area contributed by atoms with Crippen LogP contribution in [-0.2, 0) is 0 Å². The van der Waals surface area contributed by atoms with Crippen LogP contribution >= 0.6 is 0 Å². The third-order valence-electron chi connectivity index (χ3n) is 4.18. The highest BCUT2D eigenvalue weighted by molar-refractivity contribution is 6.05. The van der Waals surface area contributed by atoms with Crippen LogP contribution in [0.25, 0.3) is 0 Å². The molecule has 1 aromatic heterocycles. The Labute approximate surface area is 169 Å². The SMILES string of the molecule is CC(C)CCOc1cccc(C(=O)Nc2cccc(NC(=O)c3ccco3)c2)c1. The molecule has 0 aliphatic heterocycles. The van der Waals surface area contributed by atoms with Crippen molar-refractivity contribution < 1.29 is 18.7 Å². The molecule has 2 N–H and O–H groups in total. The standard InChI is InChI=1S/C23H24N2O4/c1-16(2)11-13-28-20-9-3-6-17(14-20)22(26)24-18-7-4-8-19(15-18)25-23(27)21-10-5-12-29-21/h3-10,12,14-16H,11,13H2,1-2H3,(H,24,26)(H,25,27). The van der Waals surface area contributed by atoms with E-state index in [0.717, 1.165) is 6.42 Å². The van der Waals surface area contributed by atoms with Crippen molar-refractivity contribution in [3.8, 4) is 5.75 Å². The number of rotatable bonds is 8. The molecule has 3 aromatic rings. The fraction of sp³-hybridized carbons (Fsp3) is 0.217. The minimum atomic E-state index is -0.357. The van der Waals surface area contributed by atoms with Crippen molar-refractivity contribution in [2.24, 2.45) is 5.92 Å². The zero-order chi connectivity index (χ0) is 20.6. The molecule has 0 radical (unpaired) electrons. The number of hydrogen-bond acceptors (Lipinski definition) is 4. The van der Waals surface area contributed by atoms with E-state index in [1.807, 2.05) is 6.07 Å². The second-order valence-electron chi connectivity index (χ2n) is 7.03. The van der Waals surface area contributed by atoms with Crippen molar-refractivity contribution >= 4 is 23.2 Å². The Morgan fingerprint density at radius 1 is 0.931 bits per heavy atom. The maximum Gasteiger partial charge on any atom is 0.291 e. The number of carbonyl (C=O) groups excluding carboxylic acids is 2. The van der Waals surface area contributed by atoms with Crippen molar-refractivity contribution in [2.75, 3.05) is 17.2 Å². The molecule has 0 saturated carbocycles. The first-order chi connectivity index (χ1) is 14.0. The lowest BCUT2D eigenvalue weighted by Crippen LogP contribution is -2.13. The van der Waals surface area contributed by atoms with Gasteiger partial charge in [0.15, 0.2) is 5.76 Å². The molecular weight excluding hydrogens is 368 g/mol. The molecule has 0 aliphatic carbocycles. The summed E-state index contributed by atoms with van der Waals surface area (Å²) < 4.78 is 10.8. The van der Waals surface area contributed by atoms with E-state index < -0.39 is 0 Å². The van der Waals surface area contributed by atoms with Crippen LogP contribution in [0.3, 0.4) is 0 Å². The first-order valence-corrected chi connectivity index (χ1v) is 9.50. The Kier molecular flexibility index (Phi) is 6.68. The van der Waals surface area contributed by atoms with Crippen molar-refractivity contribution in [2.45, 2.75) is 20.3 Å². The number of anilines is 2. The van der Waals surface area contributed by atoms with Gasteiger partial charge in [-0.3, -0.25) is 9.59 Å². The van der Waals surface area contributed by atoms with Crippen LogP contribution in [0.1, 0.15) is 41.2 Å². The largest absolute Gasteiger partial charge is 0.494 e. The van der Waals surface area contributed by atoms with E-state index in [-0.39, 0.29) is 17.6 Å². The highest BCUT2D eigenvalue weighted by Gasteiger charge is 2.11. The predicted octanol–water partition coefficient (Wildman–Crippen LogP) is 5.21. The summed E-state index contributed by atoms with van der Waals surface area (Å²) in [5, 5.41) is 5.57. The normalized spacial score (nSPS) is 10.6. The smallest absolute Gasteiger partial charge is 0.291 e. The number of carbonyl (C=O) groups is 2. The van der Waals surface area contributed by atoms with Crippen LogP contribution in [0.4, 0.5) is 11.4 Å². The molecule has 2 aromatic carbocycles. The number of nitrogens with one attached hydrogen (secondary N) is 2. The van der Waals surface area contributed by atoms with Crippen molar-refractivity contribution in [1.29, 1.82) is 0 Å². The van der Waals surface area contributed by atoms with Gasteiger partial charge < -0.3 is 19.8 Å². The number of benzene rings is 2. The molecule has 0 saturated heterocycles. The van der Waals surface area contributed by atoms with E-state index in [1.54, 1.807) is 54.6 Å². The van der Waals surface area contributed by atoms with Gasteiger partial charge in [0.25, 0.3) is 11.8 Å². The zero-order valence-electron chi connectivity index (χ0n) is 16.5. The fourth-order valence-electron chi connectivity index (χ4n) is 2.62. The van der Waals surface area contributed by atoms with E-state index in [1.165, 1.54) is 6.26 Å². The molecule has 0 fully saturated rings. The minimum Gasteiger partial charge on any atom is -0.494 e. The Morgan fingerprint density at radius 2 is 1.66 bits per heavy atom. The molecule has 0 aliphatic rings. The first-order valence-electron chi connectivity index (χ1n) is 9.50. The minimum absolute atomic E-state index is 0.216. The van der Waals surface area contributed by atoms with Gasteiger partial charge in [0, 0.05) is 16.9 Å². The highest BCUT2D eigenvalue weighted by Crippen LogP contribution is 2.19. The van der Waals surface area contributed by atoms with Crippen LogP contribution in [0, 0.1) is 5.92 Å². The fourth-order valence-corrected chi connectivity index (χ4v) is 2.62. The molecule has 0 bridgehead atoms.